The standard InChI is InChI=1S/C15H23N3O2/c1-15(2)10-18(7-8-20-15)14(19)11-5-6-13(17(3)4)12(16)9-11/h5-6,9H,7-8,10,16H2,1-4H3. The Bertz CT molecular complexity index is 512. The monoisotopic (exact) mass is 277 g/mol. The number of carbonyl (C=O) groups excluding carboxylic acids is 1. The molecule has 1 aliphatic heterocycles. The highest BCUT2D eigenvalue weighted by atomic mass is 16.5. The molecule has 1 aliphatic rings. The highest BCUT2D eigenvalue weighted by Gasteiger charge is 2.30. The highest BCUT2D eigenvalue weighted by Crippen LogP contribution is 2.24. The number of amides is 1. The molecule has 0 radical (unpaired) electrons. The van der Waals surface area contributed by atoms with Gasteiger partial charge in [-0.15, -0.1) is 0 Å². The maximum atomic E-state index is 12.5. The third-order valence-electron chi connectivity index (χ3n) is 3.47. The number of nitrogens with zero attached hydrogens (tertiary/aromatic N) is 2. The van der Waals surface area contributed by atoms with Gasteiger partial charge in [0.1, 0.15) is 0 Å². The smallest absolute Gasteiger partial charge is 0.254 e. The number of ether oxygens (including phenoxy) is 1. The molecule has 0 atom stereocenters. The quantitative estimate of drug-likeness (QED) is 0.834. The Kier molecular flexibility index (Phi) is 3.90. The van der Waals surface area contributed by atoms with Gasteiger partial charge in [-0.25, -0.2) is 0 Å². The number of nitrogens with two attached hydrogens (primary N) is 1. The van der Waals surface area contributed by atoms with E-state index in [-0.39, 0.29) is 11.5 Å². The van der Waals surface area contributed by atoms with E-state index in [1.165, 1.54) is 0 Å². The van der Waals surface area contributed by atoms with Crippen LogP contribution in [0.25, 0.3) is 0 Å². The molecule has 5 nitrogen and oxygen atoms in total. The molecule has 1 fully saturated rings. The Labute approximate surface area is 120 Å². The summed E-state index contributed by atoms with van der Waals surface area (Å²) in [5.41, 5.74) is 7.89. The fourth-order valence-electron chi connectivity index (χ4n) is 2.47. The van der Waals surface area contributed by atoms with E-state index in [1.807, 2.05) is 49.9 Å². The Balaban J connectivity index is 2.19. The van der Waals surface area contributed by atoms with Crippen LogP contribution in [0, 0.1) is 0 Å². The van der Waals surface area contributed by atoms with Crippen molar-refractivity contribution >= 4 is 17.3 Å². The van der Waals surface area contributed by atoms with Gasteiger partial charge in [-0.2, -0.15) is 0 Å². The molecule has 2 rings (SSSR count). The third-order valence-corrected chi connectivity index (χ3v) is 3.47. The van der Waals surface area contributed by atoms with Crippen molar-refractivity contribution in [3.63, 3.8) is 0 Å². The van der Waals surface area contributed by atoms with Gasteiger partial charge in [-0.05, 0) is 32.0 Å². The highest BCUT2D eigenvalue weighted by molar-refractivity contribution is 5.96. The molecule has 5 heteroatoms. The van der Waals surface area contributed by atoms with Gasteiger partial charge in [0.15, 0.2) is 0 Å². The van der Waals surface area contributed by atoms with Gasteiger partial charge in [0.05, 0.1) is 23.6 Å². The van der Waals surface area contributed by atoms with E-state index in [4.69, 9.17) is 10.5 Å². The molecule has 0 aliphatic carbocycles. The van der Waals surface area contributed by atoms with Gasteiger partial charge in [0.25, 0.3) is 5.91 Å². The van der Waals surface area contributed by atoms with Crippen molar-refractivity contribution in [1.29, 1.82) is 0 Å². The van der Waals surface area contributed by atoms with Crippen LogP contribution in [0.1, 0.15) is 24.2 Å². The molecule has 0 bridgehead atoms. The van der Waals surface area contributed by atoms with Crippen molar-refractivity contribution in [1.82, 2.24) is 4.90 Å². The van der Waals surface area contributed by atoms with Crippen LogP contribution >= 0.6 is 0 Å². The first-order valence-corrected chi connectivity index (χ1v) is 6.80. The number of morpholine rings is 1. The van der Waals surface area contributed by atoms with Crippen molar-refractivity contribution < 1.29 is 9.53 Å². The van der Waals surface area contributed by atoms with Crippen LogP contribution in [-0.2, 0) is 4.74 Å². The fourth-order valence-corrected chi connectivity index (χ4v) is 2.47. The molecular weight excluding hydrogens is 254 g/mol. The number of hydrogen-bond donors (Lipinski definition) is 1. The minimum absolute atomic E-state index is 0.0124. The van der Waals surface area contributed by atoms with Crippen molar-refractivity contribution in [2.24, 2.45) is 0 Å². The summed E-state index contributed by atoms with van der Waals surface area (Å²) in [6.45, 7) is 5.79. The predicted molar refractivity (Wildman–Crippen MR) is 81.1 cm³/mol. The second-order valence-corrected chi connectivity index (χ2v) is 6.00. The average Bonchev–Trinajstić information content (AvgIpc) is 2.36. The molecule has 1 aromatic carbocycles. The Morgan fingerprint density at radius 2 is 2.10 bits per heavy atom. The summed E-state index contributed by atoms with van der Waals surface area (Å²) in [6, 6.07) is 5.46. The maximum Gasteiger partial charge on any atom is 0.254 e. The van der Waals surface area contributed by atoms with Gasteiger partial charge in [0.2, 0.25) is 0 Å². The molecule has 2 N–H and O–H groups in total. The lowest BCUT2D eigenvalue weighted by atomic mass is 10.1. The summed E-state index contributed by atoms with van der Waals surface area (Å²) in [5, 5.41) is 0. The molecule has 1 amide bonds. The molecule has 1 heterocycles. The van der Waals surface area contributed by atoms with E-state index in [0.717, 1.165) is 5.69 Å². The number of carbonyl (C=O) groups is 1. The lowest BCUT2D eigenvalue weighted by Gasteiger charge is -2.38. The lowest BCUT2D eigenvalue weighted by molar-refractivity contribution is -0.0763. The molecular formula is C15H23N3O2. The van der Waals surface area contributed by atoms with Crippen molar-refractivity contribution in [2.45, 2.75) is 19.4 Å². The molecule has 0 spiro atoms. The van der Waals surface area contributed by atoms with Crippen molar-refractivity contribution in [3.05, 3.63) is 23.8 Å². The van der Waals surface area contributed by atoms with Gasteiger partial charge >= 0.3 is 0 Å². The predicted octanol–water partition coefficient (Wildman–Crippen LogP) is 1.59. The first-order valence-electron chi connectivity index (χ1n) is 6.80. The Morgan fingerprint density at radius 1 is 1.40 bits per heavy atom. The molecule has 20 heavy (non-hydrogen) atoms. The topological polar surface area (TPSA) is 58.8 Å². The molecule has 0 aromatic heterocycles. The average molecular weight is 277 g/mol. The number of nitrogen functional groups attached to an aromatic ring is 1. The lowest BCUT2D eigenvalue weighted by Crippen LogP contribution is -2.50. The molecule has 1 saturated heterocycles. The van der Waals surface area contributed by atoms with Crippen LogP contribution < -0.4 is 10.6 Å². The zero-order valence-corrected chi connectivity index (χ0v) is 12.6. The van der Waals surface area contributed by atoms with Crippen LogP contribution in [0.15, 0.2) is 18.2 Å². The largest absolute Gasteiger partial charge is 0.397 e. The van der Waals surface area contributed by atoms with Crippen LogP contribution in [0.4, 0.5) is 11.4 Å². The van der Waals surface area contributed by atoms with Crippen molar-refractivity contribution in [3.8, 4) is 0 Å². The summed E-state index contributed by atoms with van der Waals surface area (Å²) in [7, 11) is 3.86. The molecule has 0 saturated carbocycles. The third kappa shape index (κ3) is 3.04. The SMILES string of the molecule is CN(C)c1ccc(C(=O)N2CCOC(C)(C)C2)cc1N. The summed E-state index contributed by atoms with van der Waals surface area (Å²) in [6.07, 6.45) is 0. The normalized spacial score (nSPS) is 17.9. The summed E-state index contributed by atoms with van der Waals surface area (Å²) >= 11 is 0. The zero-order valence-electron chi connectivity index (χ0n) is 12.6. The van der Waals surface area contributed by atoms with Crippen LogP contribution in [0.5, 0.6) is 0 Å². The van der Waals surface area contributed by atoms with Gasteiger partial charge in [-0.3, -0.25) is 4.79 Å². The molecule has 0 unspecified atom stereocenters. The van der Waals surface area contributed by atoms with Gasteiger partial charge in [0, 0.05) is 32.7 Å². The first kappa shape index (κ1) is 14.7. The fraction of sp³-hybridized carbons (Fsp3) is 0.533. The summed E-state index contributed by atoms with van der Waals surface area (Å²) in [4.78, 5) is 16.3. The maximum absolute atomic E-state index is 12.5. The number of hydrogen-bond acceptors (Lipinski definition) is 4. The number of anilines is 2. The molecule has 110 valence electrons. The minimum Gasteiger partial charge on any atom is -0.397 e. The van der Waals surface area contributed by atoms with Crippen LogP contribution in [0.3, 0.4) is 0 Å². The van der Waals surface area contributed by atoms with Gasteiger partial charge in [-0.1, -0.05) is 0 Å². The zero-order chi connectivity index (χ0) is 14.9. The summed E-state index contributed by atoms with van der Waals surface area (Å²) < 4.78 is 5.63. The van der Waals surface area contributed by atoms with Gasteiger partial charge < -0.3 is 20.3 Å². The van der Waals surface area contributed by atoms with E-state index in [9.17, 15) is 4.79 Å². The molecule has 1 aromatic rings. The van der Waals surface area contributed by atoms with E-state index in [2.05, 4.69) is 0 Å². The number of benzene rings is 1. The Hall–Kier alpha value is -1.75. The van der Waals surface area contributed by atoms with E-state index >= 15 is 0 Å². The van der Waals surface area contributed by atoms with Crippen LogP contribution in [-0.4, -0.2) is 50.2 Å². The van der Waals surface area contributed by atoms with Crippen molar-refractivity contribution in [2.75, 3.05) is 44.4 Å². The van der Waals surface area contributed by atoms with Crippen LogP contribution in [0.2, 0.25) is 0 Å². The van der Waals surface area contributed by atoms with E-state index in [0.29, 0.717) is 30.9 Å². The minimum atomic E-state index is -0.289. The van der Waals surface area contributed by atoms with E-state index < -0.39 is 0 Å². The van der Waals surface area contributed by atoms with E-state index in [1.54, 1.807) is 6.07 Å². The first-order chi connectivity index (χ1) is 9.30. The number of rotatable bonds is 2. The Morgan fingerprint density at radius 3 is 2.65 bits per heavy atom. The second kappa shape index (κ2) is 5.32. The summed E-state index contributed by atoms with van der Waals surface area (Å²) in [5.74, 6) is 0.0124. The second-order valence-electron chi connectivity index (χ2n) is 6.00.